The second kappa shape index (κ2) is 5.08. The molecule has 0 saturated carbocycles. The number of hydrogen-bond donors (Lipinski definition) is 0. The van der Waals surface area contributed by atoms with E-state index in [0.717, 1.165) is 36.8 Å². The summed E-state index contributed by atoms with van der Waals surface area (Å²) >= 11 is 0. The minimum Gasteiger partial charge on any atom is -0.480 e. The fourth-order valence-corrected chi connectivity index (χ4v) is 2.09. The van der Waals surface area contributed by atoms with E-state index in [1.807, 2.05) is 36.5 Å². The maximum Gasteiger partial charge on any atom is 0.411 e. The second-order valence-electron chi connectivity index (χ2n) is 4.35. The third kappa shape index (κ3) is 2.30. The van der Waals surface area contributed by atoms with Crippen LogP contribution >= 0.6 is 0 Å². The van der Waals surface area contributed by atoms with Crippen LogP contribution < -0.4 is 14.0 Å². The molecule has 92 valence electrons. The molecule has 3 heteroatoms. The number of ether oxygens (including phenoxy) is 2. The van der Waals surface area contributed by atoms with Crippen LogP contribution in [0.15, 0.2) is 48.7 Å². The van der Waals surface area contributed by atoms with Gasteiger partial charge in [-0.3, -0.25) is 0 Å². The maximum absolute atomic E-state index is 5.84. The first-order valence-corrected chi connectivity index (χ1v) is 6.25. The highest BCUT2D eigenvalue weighted by Crippen LogP contribution is 2.25. The van der Waals surface area contributed by atoms with Crippen molar-refractivity contribution in [3.63, 3.8) is 0 Å². The molecule has 1 aromatic heterocycles. The highest BCUT2D eigenvalue weighted by atomic mass is 16.5. The van der Waals surface area contributed by atoms with Crippen molar-refractivity contribution in [1.82, 2.24) is 0 Å². The molecule has 0 bridgehead atoms. The molecule has 1 aromatic carbocycles. The van der Waals surface area contributed by atoms with Gasteiger partial charge in [-0.25, -0.2) is 0 Å². The molecule has 0 unspecified atom stereocenters. The van der Waals surface area contributed by atoms with Gasteiger partial charge in [0.1, 0.15) is 13.2 Å². The summed E-state index contributed by atoms with van der Waals surface area (Å²) in [6.45, 7) is 2.34. The molecule has 2 aromatic rings. The Hall–Kier alpha value is -2.03. The van der Waals surface area contributed by atoms with Crippen molar-refractivity contribution in [2.75, 3.05) is 6.61 Å². The summed E-state index contributed by atoms with van der Waals surface area (Å²) in [5, 5.41) is 0. The van der Waals surface area contributed by atoms with Crippen LogP contribution in [0.25, 0.3) is 0 Å². The van der Waals surface area contributed by atoms with Gasteiger partial charge in [-0.2, -0.15) is 4.57 Å². The zero-order valence-electron chi connectivity index (χ0n) is 10.2. The summed E-state index contributed by atoms with van der Waals surface area (Å²) < 4.78 is 13.6. The fraction of sp³-hybridized carbons (Fsp3) is 0.267. The Labute approximate surface area is 107 Å². The molecule has 0 N–H and O–H groups in total. The van der Waals surface area contributed by atoms with Gasteiger partial charge < -0.3 is 9.47 Å². The van der Waals surface area contributed by atoms with E-state index in [-0.39, 0.29) is 0 Å². The Morgan fingerprint density at radius 1 is 1.11 bits per heavy atom. The number of pyridine rings is 1. The summed E-state index contributed by atoms with van der Waals surface area (Å²) in [5.74, 6) is 1.67. The lowest BCUT2D eigenvalue weighted by Gasteiger charge is -2.14. The van der Waals surface area contributed by atoms with Crippen molar-refractivity contribution in [1.29, 1.82) is 0 Å². The molecule has 0 spiro atoms. The molecule has 3 nitrogen and oxygen atoms in total. The van der Waals surface area contributed by atoms with Crippen LogP contribution in [0.3, 0.4) is 0 Å². The van der Waals surface area contributed by atoms with Crippen molar-refractivity contribution in [2.24, 2.45) is 0 Å². The molecular formula is C15H16NO2+. The molecule has 0 atom stereocenters. The molecule has 0 saturated heterocycles. The Bertz CT molecular complexity index is 525. The number of fused-ring (bicyclic) bond motifs is 1. The summed E-state index contributed by atoms with van der Waals surface area (Å²) in [6, 6.07) is 14.1. The van der Waals surface area contributed by atoms with Gasteiger partial charge in [-0.15, -0.1) is 0 Å². The average Bonchev–Trinajstić information content (AvgIpc) is 2.46. The van der Waals surface area contributed by atoms with Gasteiger partial charge in [-0.1, -0.05) is 30.3 Å². The molecule has 0 fully saturated rings. The Morgan fingerprint density at radius 3 is 2.89 bits per heavy atom. The first-order valence-electron chi connectivity index (χ1n) is 6.25. The van der Waals surface area contributed by atoms with Crippen LogP contribution in [0.5, 0.6) is 11.6 Å². The van der Waals surface area contributed by atoms with Gasteiger partial charge in [0.05, 0.1) is 0 Å². The van der Waals surface area contributed by atoms with Crippen molar-refractivity contribution in [2.45, 2.75) is 19.6 Å². The Morgan fingerprint density at radius 2 is 2.00 bits per heavy atom. The standard InChI is InChI=1S/C15H16NO2/c1-2-6-13(7-3-1)12-18-14-8-4-9-16-10-5-11-17-15(14)16/h1-4,6-9H,5,10-12H2/q+1. The summed E-state index contributed by atoms with van der Waals surface area (Å²) in [7, 11) is 0. The third-order valence-corrected chi connectivity index (χ3v) is 3.00. The monoisotopic (exact) mass is 242 g/mol. The van der Waals surface area contributed by atoms with E-state index in [1.165, 1.54) is 0 Å². The third-order valence-electron chi connectivity index (χ3n) is 3.00. The maximum atomic E-state index is 5.84. The van der Waals surface area contributed by atoms with Crippen LogP contribution in [0.4, 0.5) is 0 Å². The molecule has 0 amide bonds. The van der Waals surface area contributed by atoms with Crippen LogP contribution in [-0.4, -0.2) is 6.61 Å². The lowest BCUT2D eigenvalue weighted by Crippen LogP contribution is -2.40. The Kier molecular flexibility index (Phi) is 3.13. The van der Waals surface area contributed by atoms with Gasteiger partial charge in [-0.05, 0) is 11.6 Å². The van der Waals surface area contributed by atoms with Crippen LogP contribution in [0.2, 0.25) is 0 Å². The first-order chi connectivity index (χ1) is 8.93. The van der Waals surface area contributed by atoms with E-state index in [1.54, 1.807) is 0 Å². The van der Waals surface area contributed by atoms with Crippen molar-refractivity contribution in [3.05, 3.63) is 54.2 Å². The summed E-state index contributed by atoms with van der Waals surface area (Å²) in [4.78, 5) is 0. The van der Waals surface area contributed by atoms with E-state index in [4.69, 9.17) is 9.47 Å². The number of benzene rings is 1. The van der Waals surface area contributed by atoms with Gasteiger partial charge in [0.15, 0.2) is 12.7 Å². The highest BCUT2D eigenvalue weighted by molar-refractivity contribution is 5.29. The quantitative estimate of drug-likeness (QED) is 0.771. The predicted octanol–water partition coefficient (Wildman–Crippen LogP) is 2.34. The van der Waals surface area contributed by atoms with Gasteiger partial charge in [0.2, 0.25) is 5.75 Å². The molecule has 18 heavy (non-hydrogen) atoms. The van der Waals surface area contributed by atoms with E-state index in [2.05, 4.69) is 16.7 Å². The number of aromatic nitrogens is 1. The normalized spacial score (nSPS) is 13.6. The zero-order valence-corrected chi connectivity index (χ0v) is 10.2. The molecule has 3 rings (SSSR count). The van der Waals surface area contributed by atoms with Crippen molar-refractivity contribution >= 4 is 0 Å². The zero-order chi connectivity index (χ0) is 12.2. The van der Waals surface area contributed by atoms with Crippen molar-refractivity contribution in [3.8, 4) is 11.6 Å². The summed E-state index contributed by atoms with van der Waals surface area (Å²) in [6.07, 6.45) is 3.09. The molecule has 1 aliphatic heterocycles. The van der Waals surface area contributed by atoms with E-state index >= 15 is 0 Å². The number of aryl methyl sites for hydroxylation is 1. The number of nitrogens with zero attached hydrogens (tertiary/aromatic N) is 1. The fourth-order valence-electron chi connectivity index (χ4n) is 2.09. The molecule has 2 heterocycles. The minimum absolute atomic E-state index is 0.571. The largest absolute Gasteiger partial charge is 0.480 e. The topological polar surface area (TPSA) is 22.3 Å². The Balaban J connectivity index is 1.77. The molecule has 0 aliphatic carbocycles. The van der Waals surface area contributed by atoms with E-state index < -0.39 is 0 Å². The SMILES string of the molecule is c1ccc(COc2ccc[n+]3c2OCCC3)cc1. The number of rotatable bonds is 3. The molecule has 1 aliphatic rings. The van der Waals surface area contributed by atoms with Crippen molar-refractivity contribution < 1.29 is 14.0 Å². The smallest absolute Gasteiger partial charge is 0.411 e. The first kappa shape index (κ1) is 11.1. The lowest BCUT2D eigenvalue weighted by atomic mass is 10.2. The minimum atomic E-state index is 0.571. The van der Waals surface area contributed by atoms with E-state index in [0.29, 0.717) is 6.61 Å². The number of hydrogen-bond acceptors (Lipinski definition) is 2. The van der Waals surface area contributed by atoms with Gasteiger partial charge >= 0.3 is 5.88 Å². The highest BCUT2D eigenvalue weighted by Gasteiger charge is 2.22. The molecule has 0 radical (unpaired) electrons. The van der Waals surface area contributed by atoms with Crippen LogP contribution in [-0.2, 0) is 13.2 Å². The summed E-state index contributed by atoms with van der Waals surface area (Å²) in [5.41, 5.74) is 1.16. The molecular weight excluding hydrogens is 226 g/mol. The van der Waals surface area contributed by atoms with Crippen LogP contribution in [0.1, 0.15) is 12.0 Å². The van der Waals surface area contributed by atoms with Gasteiger partial charge in [0.25, 0.3) is 0 Å². The predicted molar refractivity (Wildman–Crippen MR) is 67.5 cm³/mol. The van der Waals surface area contributed by atoms with Crippen LogP contribution in [0, 0.1) is 0 Å². The second-order valence-corrected chi connectivity index (χ2v) is 4.35. The van der Waals surface area contributed by atoms with E-state index in [9.17, 15) is 0 Å². The average molecular weight is 242 g/mol. The van der Waals surface area contributed by atoms with Gasteiger partial charge in [0, 0.05) is 12.5 Å². The lowest BCUT2D eigenvalue weighted by molar-refractivity contribution is -0.710.